The first-order valence-electron chi connectivity index (χ1n) is 8.31. The molecular weight excluding hydrogens is 302 g/mol. The predicted octanol–water partition coefficient (Wildman–Crippen LogP) is 3.05. The van der Waals surface area contributed by atoms with E-state index in [1.807, 2.05) is 49.4 Å². The van der Waals surface area contributed by atoms with Crippen LogP contribution in [0.3, 0.4) is 0 Å². The van der Waals surface area contributed by atoms with Gasteiger partial charge in [-0.3, -0.25) is 4.79 Å². The minimum Gasteiger partial charge on any atom is -0.484 e. The second-order valence-corrected chi connectivity index (χ2v) is 5.86. The molecule has 0 heterocycles. The van der Waals surface area contributed by atoms with Crippen LogP contribution in [0.2, 0.25) is 0 Å². The van der Waals surface area contributed by atoms with Crippen molar-refractivity contribution in [3.05, 3.63) is 65.7 Å². The molecule has 0 saturated carbocycles. The predicted molar refractivity (Wildman–Crippen MR) is 95.2 cm³/mol. The fourth-order valence-electron chi connectivity index (χ4n) is 2.65. The van der Waals surface area contributed by atoms with E-state index in [9.17, 15) is 9.90 Å². The average molecular weight is 327 g/mol. The minimum absolute atomic E-state index is 0.0134. The van der Waals surface area contributed by atoms with Crippen molar-refractivity contribution in [2.45, 2.75) is 25.7 Å². The summed E-state index contributed by atoms with van der Waals surface area (Å²) in [5, 5.41) is 12.1. The van der Waals surface area contributed by atoms with Gasteiger partial charge in [0.25, 0.3) is 5.91 Å². The first kappa shape index (κ1) is 18.0. The van der Waals surface area contributed by atoms with Crippen molar-refractivity contribution in [1.29, 1.82) is 0 Å². The normalized spacial score (nSPS) is 11.8. The molecule has 0 aliphatic rings. The highest BCUT2D eigenvalue weighted by atomic mass is 16.5. The van der Waals surface area contributed by atoms with Gasteiger partial charge in [-0.05, 0) is 48.9 Å². The lowest BCUT2D eigenvalue weighted by Crippen LogP contribution is -2.30. The number of rotatable bonds is 9. The number of nitrogens with one attached hydrogen (secondary N) is 1. The number of hydrogen-bond acceptors (Lipinski definition) is 3. The maximum absolute atomic E-state index is 11.9. The number of carbonyl (C=O) groups is 1. The Bertz CT molecular complexity index is 628. The monoisotopic (exact) mass is 327 g/mol. The number of ether oxygens (including phenoxy) is 1. The van der Waals surface area contributed by atoms with E-state index in [2.05, 4.69) is 17.4 Å². The zero-order valence-corrected chi connectivity index (χ0v) is 14.1. The van der Waals surface area contributed by atoms with Gasteiger partial charge in [0.05, 0.1) is 0 Å². The van der Waals surface area contributed by atoms with Gasteiger partial charge in [0.1, 0.15) is 5.75 Å². The molecule has 0 aliphatic carbocycles. The lowest BCUT2D eigenvalue weighted by molar-refractivity contribution is -0.123. The third-order valence-electron chi connectivity index (χ3n) is 3.92. The molecule has 1 amide bonds. The number of aliphatic hydroxyl groups is 1. The number of amides is 1. The van der Waals surface area contributed by atoms with Crippen molar-refractivity contribution < 1.29 is 14.6 Å². The van der Waals surface area contributed by atoms with Crippen molar-refractivity contribution in [3.8, 4) is 5.75 Å². The first-order chi connectivity index (χ1) is 11.7. The molecule has 1 atom stereocenters. The molecule has 2 aromatic carbocycles. The van der Waals surface area contributed by atoms with Crippen LogP contribution in [-0.4, -0.2) is 30.8 Å². The Morgan fingerprint density at radius 2 is 1.92 bits per heavy atom. The maximum atomic E-state index is 11.9. The lowest BCUT2D eigenvalue weighted by Gasteiger charge is -2.16. The van der Waals surface area contributed by atoms with Gasteiger partial charge in [0, 0.05) is 13.2 Å². The van der Waals surface area contributed by atoms with Crippen molar-refractivity contribution in [3.63, 3.8) is 0 Å². The summed E-state index contributed by atoms with van der Waals surface area (Å²) in [5.41, 5.74) is 2.29. The van der Waals surface area contributed by atoms with Crippen molar-refractivity contribution >= 4 is 5.91 Å². The molecule has 0 spiro atoms. The van der Waals surface area contributed by atoms with Crippen LogP contribution in [0.15, 0.2) is 54.6 Å². The minimum atomic E-state index is -0.132. The Hall–Kier alpha value is -2.33. The SMILES string of the molecule is Cc1cccc(OCC(=O)NCCC(CCO)c2ccccc2)c1. The zero-order valence-electron chi connectivity index (χ0n) is 14.1. The Morgan fingerprint density at radius 3 is 2.62 bits per heavy atom. The molecule has 1 unspecified atom stereocenters. The van der Waals surface area contributed by atoms with Gasteiger partial charge in [-0.15, -0.1) is 0 Å². The number of hydrogen-bond donors (Lipinski definition) is 2. The van der Waals surface area contributed by atoms with Crippen LogP contribution in [0, 0.1) is 6.92 Å². The molecule has 0 saturated heterocycles. The van der Waals surface area contributed by atoms with Gasteiger partial charge in [-0.1, -0.05) is 42.5 Å². The van der Waals surface area contributed by atoms with Crippen LogP contribution in [-0.2, 0) is 4.79 Å². The zero-order chi connectivity index (χ0) is 17.2. The van der Waals surface area contributed by atoms with Gasteiger partial charge in [-0.2, -0.15) is 0 Å². The van der Waals surface area contributed by atoms with E-state index >= 15 is 0 Å². The van der Waals surface area contributed by atoms with Crippen LogP contribution in [0.1, 0.15) is 29.9 Å². The van der Waals surface area contributed by atoms with Crippen LogP contribution < -0.4 is 10.1 Å². The second-order valence-electron chi connectivity index (χ2n) is 5.86. The largest absolute Gasteiger partial charge is 0.484 e. The average Bonchev–Trinajstić information content (AvgIpc) is 2.60. The molecule has 2 N–H and O–H groups in total. The molecule has 0 radical (unpaired) electrons. The number of carbonyl (C=O) groups excluding carboxylic acids is 1. The third-order valence-corrected chi connectivity index (χ3v) is 3.92. The number of aliphatic hydroxyl groups excluding tert-OH is 1. The van der Waals surface area contributed by atoms with Crippen molar-refractivity contribution in [2.24, 2.45) is 0 Å². The maximum Gasteiger partial charge on any atom is 0.257 e. The summed E-state index contributed by atoms with van der Waals surface area (Å²) in [4.78, 5) is 11.9. The summed E-state index contributed by atoms with van der Waals surface area (Å²) in [6, 6.07) is 17.7. The van der Waals surface area contributed by atoms with Crippen LogP contribution in [0.4, 0.5) is 0 Å². The Morgan fingerprint density at radius 1 is 1.12 bits per heavy atom. The fraction of sp³-hybridized carbons (Fsp3) is 0.350. The Kier molecular flexibility index (Phi) is 7.30. The van der Waals surface area contributed by atoms with Gasteiger partial charge in [0.2, 0.25) is 0 Å². The molecule has 4 heteroatoms. The van der Waals surface area contributed by atoms with Crippen molar-refractivity contribution in [2.75, 3.05) is 19.8 Å². The summed E-state index contributed by atoms with van der Waals surface area (Å²) in [6.45, 7) is 2.71. The first-order valence-corrected chi connectivity index (χ1v) is 8.31. The highest BCUT2D eigenvalue weighted by Crippen LogP contribution is 2.22. The molecule has 0 aliphatic heterocycles. The molecule has 4 nitrogen and oxygen atoms in total. The van der Waals surface area contributed by atoms with E-state index in [4.69, 9.17) is 4.74 Å². The molecule has 0 fully saturated rings. The van der Waals surface area contributed by atoms with Gasteiger partial charge in [0.15, 0.2) is 6.61 Å². The van der Waals surface area contributed by atoms with Crippen LogP contribution in [0.25, 0.3) is 0 Å². The van der Waals surface area contributed by atoms with Gasteiger partial charge >= 0.3 is 0 Å². The highest BCUT2D eigenvalue weighted by Gasteiger charge is 2.11. The fourth-order valence-corrected chi connectivity index (χ4v) is 2.65. The van der Waals surface area contributed by atoms with Crippen LogP contribution >= 0.6 is 0 Å². The summed E-state index contributed by atoms with van der Waals surface area (Å²) in [6.07, 6.45) is 1.49. The number of benzene rings is 2. The summed E-state index contributed by atoms with van der Waals surface area (Å²) < 4.78 is 5.49. The summed E-state index contributed by atoms with van der Waals surface area (Å²) >= 11 is 0. The molecule has 0 bridgehead atoms. The molecule has 24 heavy (non-hydrogen) atoms. The second kappa shape index (κ2) is 9.73. The molecule has 0 aromatic heterocycles. The lowest BCUT2D eigenvalue weighted by atomic mass is 9.93. The van der Waals surface area contributed by atoms with Gasteiger partial charge in [-0.25, -0.2) is 0 Å². The van der Waals surface area contributed by atoms with E-state index in [-0.39, 0.29) is 25.0 Å². The molecule has 2 aromatic rings. The van der Waals surface area contributed by atoms with E-state index in [1.165, 1.54) is 5.56 Å². The van der Waals surface area contributed by atoms with E-state index in [0.29, 0.717) is 18.7 Å². The standard InChI is InChI=1S/C20H25NO3/c1-16-6-5-9-19(14-16)24-15-20(23)21-12-10-18(11-13-22)17-7-3-2-4-8-17/h2-9,14,18,22H,10-13,15H2,1H3,(H,21,23). The topological polar surface area (TPSA) is 58.6 Å². The quantitative estimate of drug-likeness (QED) is 0.744. The van der Waals surface area contributed by atoms with E-state index < -0.39 is 0 Å². The number of aryl methyl sites for hydroxylation is 1. The molecular formula is C20H25NO3. The Balaban J connectivity index is 1.74. The van der Waals surface area contributed by atoms with E-state index in [0.717, 1.165) is 12.0 Å². The van der Waals surface area contributed by atoms with Crippen molar-refractivity contribution in [1.82, 2.24) is 5.32 Å². The summed E-state index contributed by atoms with van der Waals surface area (Å²) in [7, 11) is 0. The van der Waals surface area contributed by atoms with Crippen LogP contribution in [0.5, 0.6) is 5.75 Å². The Labute approximate surface area is 143 Å². The van der Waals surface area contributed by atoms with E-state index in [1.54, 1.807) is 0 Å². The molecule has 128 valence electrons. The highest BCUT2D eigenvalue weighted by molar-refractivity contribution is 5.77. The third kappa shape index (κ3) is 6.05. The smallest absolute Gasteiger partial charge is 0.257 e. The molecule has 2 rings (SSSR count). The summed E-state index contributed by atoms with van der Waals surface area (Å²) in [5.74, 6) is 0.814. The van der Waals surface area contributed by atoms with Gasteiger partial charge < -0.3 is 15.2 Å².